The molecule has 122 valence electrons. The van der Waals surface area contributed by atoms with E-state index in [1.807, 2.05) is 13.8 Å². The number of halogens is 1. The number of nitrogens with one attached hydrogen (secondary N) is 1. The Hall–Kier alpha value is -1.95. The summed E-state index contributed by atoms with van der Waals surface area (Å²) in [5, 5.41) is 2.78. The van der Waals surface area contributed by atoms with Gasteiger partial charge in [0.05, 0.1) is 13.1 Å². The van der Waals surface area contributed by atoms with Crippen molar-refractivity contribution in [1.29, 1.82) is 0 Å². The van der Waals surface area contributed by atoms with Crippen molar-refractivity contribution in [3.63, 3.8) is 0 Å². The standard InChI is InChI=1S/C16H24FN3O2/c1-12(2)18-15(21)10-19(3)11-16(22)20(4)9-13-5-7-14(17)8-6-13/h5-8,12H,9-11H2,1-4H3,(H,18,21). The maximum Gasteiger partial charge on any atom is 0.236 e. The van der Waals surface area contributed by atoms with E-state index in [0.717, 1.165) is 5.56 Å². The second kappa shape index (κ2) is 8.48. The van der Waals surface area contributed by atoms with Crippen molar-refractivity contribution in [1.82, 2.24) is 15.1 Å². The van der Waals surface area contributed by atoms with E-state index in [1.165, 1.54) is 12.1 Å². The van der Waals surface area contributed by atoms with Crippen molar-refractivity contribution in [2.75, 3.05) is 27.2 Å². The zero-order valence-electron chi connectivity index (χ0n) is 13.6. The summed E-state index contributed by atoms with van der Waals surface area (Å²) in [7, 11) is 3.41. The molecule has 1 N–H and O–H groups in total. The lowest BCUT2D eigenvalue weighted by Crippen LogP contribution is -2.42. The smallest absolute Gasteiger partial charge is 0.236 e. The molecule has 0 aliphatic rings. The van der Waals surface area contributed by atoms with E-state index in [9.17, 15) is 14.0 Å². The summed E-state index contributed by atoms with van der Waals surface area (Å²) in [6.45, 7) is 4.52. The average Bonchev–Trinajstić information content (AvgIpc) is 2.39. The van der Waals surface area contributed by atoms with Crippen LogP contribution in [0.1, 0.15) is 19.4 Å². The fourth-order valence-corrected chi connectivity index (χ4v) is 1.97. The number of hydrogen-bond acceptors (Lipinski definition) is 3. The largest absolute Gasteiger partial charge is 0.353 e. The highest BCUT2D eigenvalue weighted by atomic mass is 19.1. The minimum Gasteiger partial charge on any atom is -0.353 e. The Labute approximate surface area is 131 Å². The van der Waals surface area contributed by atoms with E-state index in [0.29, 0.717) is 6.54 Å². The minimum atomic E-state index is -0.298. The quantitative estimate of drug-likeness (QED) is 0.824. The van der Waals surface area contributed by atoms with Crippen molar-refractivity contribution >= 4 is 11.8 Å². The number of nitrogens with zero attached hydrogens (tertiary/aromatic N) is 2. The highest BCUT2D eigenvalue weighted by molar-refractivity contribution is 5.81. The van der Waals surface area contributed by atoms with Crippen LogP contribution in [0.2, 0.25) is 0 Å². The summed E-state index contributed by atoms with van der Waals surface area (Å²) < 4.78 is 12.8. The molecule has 0 spiro atoms. The zero-order valence-corrected chi connectivity index (χ0v) is 13.6. The molecule has 0 radical (unpaired) electrons. The van der Waals surface area contributed by atoms with E-state index >= 15 is 0 Å². The molecule has 0 atom stereocenters. The van der Waals surface area contributed by atoms with Crippen LogP contribution >= 0.6 is 0 Å². The van der Waals surface area contributed by atoms with Crippen LogP contribution in [0, 0.1) is 5.82 Å². The number of likely N-dealkylation sites (N-methyl/N-ethyl adjacent to an activating group) is 2. The van der Waals surface area contributed by atoms with E-state index in [-0.39, 0.29) is 36.8 Å². The Bertz CT molecular complexity index is 503. The molecule has 1 rings (SSSR count). The maximum atomic E-state index is 12.8. The summed E-state index contributed by atoms with van der Waals surface area (Å²) in [4.78, 5) is 27.0. The molecule has 0 saturated carbocycles. The van der Waals surface area contributed by atoms with E-state index in [4.69, 9.17) is 0 Å². The summed E-state index contributed by atoms with van der Waals surface area (Å²) in [5.74, 6) is -0.496. The third kappa shape index (κ3) is 6.67. The van der Waals surface area contributed by atoms with Crippen molar-refractivity contribution in [2.24, 2.45) is 0 Å². The molecule has 1 aromatic carbocycles. The fraction of sp³-hybridized carbons (Fsp3) is 0.500. The number of carbonyl (C=O) groups is 2. The number of rotatable bonds is 7. The Balaban J connectivity index is 2.43. The molecular weight excluding hydrogens is 285 g/mol. The molecular formula is C16H24FN3O2. The first-order valence-electron chi connectivity index (χ1n) is 7.24. The molecule has 0 fully saturated rings. The number of amides is 2. The summed E-state index contributed by atoms with van der Waals surface area (Å²) >= 11 is 0. The minimum absolute atomic E-state index is 0.0813. The molecule has 2 amide bonds. The van der Waals surface area contributed by atoms with Crippen LogP contribution in [0.4, 0.5) is 4.39 Å². The predicted molar refractivity (Wildman–Crippen MR) is 83.6 cm³/mol. The van der Waals surface area contributed by atoms with Gasteiger partial charge in [-0.05, 0) is 38.6 Å². The van der Waals surface area contributed by atoms with Gasteiger partial charge >= 0.3 is 0 Å². The molecule has 0 unspecified atom stereocenters. The molecule has 0 aliphatic heterocycles. The predicted octanol–water partition coefficient (Wildman–Crippen LogP) is 1.24. The van der Waals surface area contributed by atoms with Crippen molar-refractivity contribution in [2.45, 2.75) is 26.4 Å². The van der Waals surface area contributed by atoms with Gasteiger partial charge in [0.25, 0.3) is 0 Å². The molecule has 1 aromatic rings. The lowest BCUT2D eigenvalue weighted by molar-refractivity contribution is -0.132. The first-order chi connectivity index (χ1) is 10.3. The van der Waals surface area contributed by atoms with E-state index in [1.54, 1.807) is 36.0 Å². The molecule has 0 heterocycles. The van der Waals surface area contributed by atoms with Crippen LogP contribution in [0.25, 0.3) is 0 Å². The van der Waals surface area contributed by atoms with Gasteiger partial charge in [0.1, 0.15) is 5.82 Å². The van der Waals surface area contributed by atoms with Crippen molar-refractivity contribution in [3.05, 3.63) is 35.6 Å². The third-order valence-electron chi connectivity index (χ3n) is 3.03. The fourth-order valence-electron chi connectivity index (χ4n) is 1.97. The van der Waals surface area contributed by atoms with Gasteiger partial charge in [0.2, 0.25) is 11.8 Å². The molecule has 6 heteroatoms. The Morgan fingerprint density at radius 1 is 1.14 bits per heavy atom. The topological polar surface area (TPSA) is 52.7 Å². The highest BCUT2D eigenvalue weighted by Crippen LogP contribution is 2.06. The Kier molecular flexibility index (Phi) is 6.98. The van der Waals surface area contributed by atoms with E-state index in [2.05, 4.69) is 5.32 Å². The van der Waals surface area contributed by atoms with Gasteiger partial charge in [0, 0.05) is 19.6 Å². The molecule has 0 bridgehead atoms. The lowest BCUT2D eigenvalue weighted by Gasteiger charge is -2.22. The second-order valence-electron chi connectivity index (χ2n) is 5.77. The van der Waals surface area contributed by atoms with Crippen LogP contribution in [0.5, 0.6) is 0 Å². The van der Waals surface area contributed by atoms with Gasteiger partial charge in [0.15, 0.2) is 0 Å². The van der Waals surface area contributed by atoms with Crippen LogP contribution in [0.15, 0.2) is 24.3 Å². The van der Waals surface area contributed by atoms with Gasteiger partial charge in [-0.15, -0.1) is 0 Å². The average molecular weight is 309 g/mol. The summed E-state index contributed by atoms with van der Waals surface area (Å²) in [6, 6.07) is 6.13. The van der Waals surface area contributed by atoms with Gasteiger partial charge in [-0.2, -0.15) is 0 Å². The highest BCUT2D eigenvalue weighted by Gasteiger charge is 2.14. The first kappa shape index (κ1) is 18.1. The van der Waals surface area contributed by atoms with Crippen LogP contribution < -0.4 is 5.32 Å². The van der Waals surface area contributed by atoms with Crippen molar-refractivity contribution in [3.8, 4) is 0 Å². The van der Waals surface area contributed by atoms with Gasteiger partial charge < -0.3 is 10.2 Å². The molecule has 0 aliphatic carbocycles. The molecule has 0 saturated heterocycles. The summed E-state index contributed by atoms with van der Waals surface area (Å²) in [6.07, 6.45) is 0. The number of carbonyl (C=O) groups excluding carboxylic acids is 2. The normalized spacial score (nSPS) is 10.9. The maximum absolute atomic E-state index is 12.8. The number of benzene rings is 1. The SMILES string of the molecule is CC(C)NC(=O)CN(C)CC(=O)N(C)Cc1ccc(F)cc1. The summed E-state index contributed by atoms with van der Waals surface area (Å²) in [5.41, 5.74) is 0.859. The van der Waals surface area contributed by atoms with E-state index < -0.39 is 0 Å². The monoisotopic (exact) mass is 309 g/mol. The first-order valence-corrected chi connectivity index (χ1v) is 7.24. The van der Waals surface area contributed by atoms with Gasteiger partial charge in [-0.25, -0.2) is 4.39 Å². The third-order valence-corrected chi connectivity index (χ3v) is 3.03. The molecule has 22 heavy (non-hydrogen) atoms. The van der Waals surface area contributed by atoms with Crippen LogP contribution in [0.3, 0.4) is 0 Å². The lowest BCUT2D eigenvalue weighted by atomic mass is 10.2. The van der Waals surface area contributed by atoms with Crippen LogP contribution in [-0.4, -0.2) is 54.8 Å². The van der Waals surface area contributed by atoms with Gasteiger partial charge in [-0.1, -0.05) is 12.1 Å². The van der Waals surface area contributed by atoms with Crippen LogP contribution in [-0.2, 0) is 16.1 Å². The van der Waals surface area contributed by atoms with Crippen molar-refractivity contribution < 1.29 is 14.0 Å². The zero-order chi connectivity index (χ0) is 16.7. The Morgan fingerprint density at radius 3 is 2.27 bits per heavy atom. The molecule has 0 aromatic heterocycles. The Morgan fingerprint density at radius 2 is 1.73 bits per heavy atom. The van der Waals surface area contributed by atoms with Gasteiger partial charge in [-0.3, -0.25) is 14.5 Å². The molecule has 5 nitrogen and oxygen atoms in total. The number of hydrogen-bond donors (Lipinski definition) is 1. The second-order valence-corrected chi connectivity index (χ2v) is 5.77.